The molecule has 3 aromatic rings. The molecule has 0 spiro atoms. The summed E-state index contributed by atoms with van der Waals surface area (Å²) in [5, 5.41) is 7.36. The van der Waals surface area contributed by atoms with Gasteiger partial charge in [-0.2, -0.15) is 5.10 Å². The summed E-state index contributed by atoms with van der Waals surface area (Å²) in [6.07, 6.45) is 4.23. The van der Waals surface area contributed by atoms with E-state index in [0.29, 0.717) is 17.0 Å². The molecule has 136 valence electrons. The molecule has 1 amide bonds. The van der Waals surface area contributed by atoms with E-state index in [-0.39, 0.29) is 24.4 Å². The molecule has 1 N–H and O–H groups in total. The quantitative estimate of drug-likeness (QED) is 0.739. The number of fused-ring (bicyclic) bond motifs is 1. The topological polar surface area (TPSA) is 81.8 Å². The zero-order chi connectivity index (χ0) is 18.7. The van der Waals surface area contributed by atoms with Gasteiger partial charge in [-0.3, -0.25) is 18.8 Å². The van der Waals surface area contributed by atoms with E-state index in [1.165, 1.54) is 22.7 Å². The lowest BCUT2D eigenvalue weighted by Gasteiger charge is -2.11. The standard InChI is InChI=1S/C19H23N5O2/c1-4-13(2)14-5-7-15(8-6-14)22-17(25)9-10-24-12-20-18-16(19(24)26)11-21-23(18)3/h5-8,11-13H,4,9-10H2,1-3H3,(H,22,25)/t13-/m1/s1. The number of nitrogens with zero attached hydrogens (tertiary/aromatic N) is 4. The number of nitrogens with one attached hydrogen (secondary N) is 1. The summed E-state index contributed by atoms with van der Waals surface area (Å²) in [6, 6.07) is 7.90. The third-order valence-electron chi connectivity index (χ3n) is 4.67. The van der Waals surface area contributed by atoms with Gasteiger partial charge >= 0.3 is 0 Å². The van der Waals surface area contributed by atoms with E-state index in [0.717, 1.165) is 12.1 Å². The normalized spacial score (nSPS) is 12.3. The summed E-state index contributed by atoms with van der Waals surface area (Å²) in [6.45, 7) is 4.60. The lowest BCUT2D eigenvalue weighted by Crippen LogP contribution is -2.23. The van der Waals surface area contributed by atoms with Crippen LogP contribution in [0.15, 0.2) is 41.6 Å². The van der Waals surface area contributed by atoms with Crippen LogP contribution in [0.4, 0.5) is 5.69 Å². The minimum atomic E-state index is -0.186. The molecule has 0 unspecified atom stereocenters. The van der Waals surface area contributed by atoms with Gasteiger partial charge in [0.05, 0.1) is 12.5 Å². The second-order valence-electron chi connectivity index (χ2n) is 6.48. The summed E-state index contributed by atoms with van der Waals surface area (Å²) in [5.41, 5.74) is 2.37. The smallest absolute Gasteiger partial charge is 0.264 e. The number of benzene rings is 1. The minimum absolute atomic E-state index is 0.139. The van der Waals surface area contributed by atoms with Crippen LogP contribution in [0.3, 0.4) is 0 Å². The van der Waals surface area contributed by atoms with Crippen molar-refractivity contribution >= 4 is 22.6 Å². The first-order valence-corrected chi connectivity index (χ1v) is 8.76. The van der Waals surface area contributed by atoms with Gasteiger partial charge in [-0.25, -0.2) is 4.98 Å². The van der Waals surface area contributed by atoms with Crippen LogP contribution in [-0.2, 0) is 18.4 Å². The Morgan fingerprint density at radius 1 is 1.27 bits per heavy atom. The molecular weight excluding hydrogens is 330 g/mol. The number of rotatable bonds is 6. The van der Waals surface area contributed by atoms with Gasteiger partial charge in [0.15, 0.2) is 5.65 Å². The average molecular weight is 353 g/mol. The zero-order valence-corrected chi connectivity index (χ0v) is 15.3. The van der Waals surface area contributed by atoms with E-state index in [4.69, 9.17) is 0 Å². The Morgan fingerprint density at radius 2 is 2.00 bits per heavy atom. The van der Waals surface area contributed by atoms with Gasteiger partial charge in [-0.1, -0.05) is 26.0 Å². The Bertz CT molecular complexity index is 972. The van der Waals surface area contributed by atoms with Crippen LogP contribution in [0.5, 0.6) is 0 Å². The lowest BCUT2D eigenvalue weighted by atomic mass is 9.99. The second-order valence-corrected chi connectivity index (χ2v) is 6.48. The molecule has 7 heteroatoms. The van der Waals surface area contributed by atoms with Crippen molar-refractivity contribution in [3.05, 3.63) is 52.7 Å². The number of anilines is 1. The molecule has 3 rings (SSSR count). The highest BCUT2D eigenvalue weighted by atomic mass is 16.2. The van der Waals surface area contributed by atoms with Crippen molar-refractivity contribution in [2.75, 3.05) is 5.32 Å². The Labute approximate surface area is 151 Å². The molecule has 0 aliphatic rings. The molecule has 0 saturated carbocycles. The van der Waals surface area contributed by atoms with Crippen molar-refractivity contribution in [2.24, 2.45) is 7.05 Å². The van der Waals surface area contributed by atoms with E-state index in [1.807, 2.05) is 24.3 Å². The fourth-order valence-corrected chi connectivity index (χ4v) is 2.80. The molecule has 2 heterocycles. The van der Waals surface area contributed by atoms with Crippen molar-refractivity contribution in [3.8, 4) is 0 Å². The fraction of sp³-hybridized carbons (Fsp3) is 0.368. The number of hydrogen-bond acceptors (Lipinski definition) is 4. The van der Waals surface area contributed by atoms with Crippen LogP contribution in [0.25, 0.3) is 11.0 Å². The molecule has 0 aliphatic carbocycles. The largest absolute Gasteiger partial charge is 0.326 e. The summed E-state index contributed by atoms with van der Waals surface area (Å²) < 4.78 is 2.99. The summed E-state index contributed by atoms with van der Waals surface area (Å²) in [5.74, 6) is 0.362. The lowest BCUT2D eigenvalue weighted by molar-refractivity contribution is -0.116. The number of amides is 1. The van der Waals surface area contributed by atoms with Crippen LogP contribution < -0.4 is 10.9 Å². The van der Waals surface area contributed by atoms with Crippen LogP contribution in [-0.4, -0.2) is 25.2 Å². The number of carbonyl (C=O) groups is 1. The zero-order valence-electron chi connectivity index (χ0n) is 15.3. The monoisotopic (exact) mass is 353 g/mol. The molecule has 0 saturated heterocycles. The van der Waals surface area contributed by atoms with Crippen LogP contribution in [0, 0.1) is 0 Å². The van der Waals surface area contributed by atoms with Crippen molar-refractivity contribution in [1.29, 1.82) is 0 Å². The van der Waals surface area contributed by atoms with Gasteiger partial charge in [-0.15, -0.1) is 0 Å². The SMILES string of the molecule is CC[C@@H](C)c1ccc(NC(=O)CCn2cnc3c(cnn3C)c2=O)cc1. The Balaban J connectivity index is 1.62. The molecule has 26 heavy (non-hydrogen) atoms. The fourth-order valence-electron chi connectivity index (χ4n) is 2.80. The molecule has 7 nitrogen and oxygen atoms in total. The van der Waals surface area contributed by atoms with Gasteiger partial charge in [0.25, 0.3) is 5.56 Å². The van der Waals surface area contributed by atoms with Crippen LogP contribution in [0.1, 0.15) is 38.2 Å². The van der Waals surface area contributed by atoms with Gasteiger partial charge < -0.3 is 5.32 Å². The van der Waals surface area contributed by atoms with E-state index >= 15 is 0 Å². The third-order valence-corrected chi connectivity index (χ3v) is 4.67. The molecular formula is C19H23N5O2. The van der Waals surface area contributed by atoms with Gasteiger partial charge in [0, 0.05) is 25.7 Å². The maximum atomic E-state index is 12.4. The van der Waals surface area contributed by atoms with E-state index in [2.05, 4.69) is 29.2 Å². The molecule has 0 radical (unpaired) electrons. The number of aryl methyl sites for hydroxylation is 2. The van der Waals surface area contributed by atoms with Crippen molar-refractivity contribution in [1.82, 2.24) is 19.3 Å². The minimum Gasteiger partial charge on any atom is -0.326 e. The summed E-state index contributed by atoms with van der Waals surface area (Å²) >= 11 is 0. The first-order chi connectivity index (χ1) is 12.5. The van der Waals surface area contributed by atoms with Gasteiger partial charge in [0.2, 0.25) is 5.91 Å². The predicted octanol–water partition coefficient (Wildman–Crippen LogP) is 2.67. The van der Waals surface area contributed by atoms with Crippen molar-refractivity contribution in [3.63, 3.8) is 0 Å². The number of carbonyl (C=O) groups excluding carboxylic acids is 1. The van der Waals surface area contributed by atoms with E-state index in [1.54, 1.807) is 11.7 Å². The van der Waals surface area contributed by atoms with Crippen molar-refractivity contribution in [2.45, 2.75) is 39.2 Å². The molecule has 2 aromatic heterocycles. The first kappa shape index (κ1) is 17.8. The van der Waals surface area contributed by atoms with Gasteiger partial charge in [0.1, 0.15) is 5.39 Å². The molecule has 0 aliphatic heterocycles. The third kappa shape index (κ3) is 3.66. The van der Waals surface area contributed by atoms with Gasteiger partial charge in [-0.05, 0) is 30.0 Å². The highest BCUT2D eigenvalue weighted by molar-refractivity contribution is 5.90. The molecule has 1 aromatic carbocycles. The predicted molar refractivity (Wildman–Crippen MR) is 101 cm³/mol. The number of hydrogen-bond donors (Lipinski definition) is 1. The Kier molecular flexibility index (Phi) is 5.16. The summed E-state index contributed by atoms with van der Waals surface area (Å²) in [4.78, 5) is 28.8. The highest BCUT2D eigenvalue weighted by Crippen LogP contribution is 2.20. The maximum Gasteiger partial charge on any atom is 0.264 e. The maximum absolute atomic E-state index is 12.4. The van der Waals surface area contributed by atoms with Crippen molar-refractivity contribution < 1.29 is 4.79 Å². The summed E-state index contributed by atoms with van der Waals surface area (Å²) in [7, 11) is 1.74. The average Bonchev–Trinajstić information content (AvgIpc) is 3.03. The molecule has 0 fully saturated rings. The molecule has 1 atom stereocenters. The Morgan fingerprint density at radius 3 is 2.69 bits per heavy atom. The Hall–Kier alpha value is -2.96. The van der Waals surface area contributed by atoms with Crippen LogP contribution >= 0.6 is 0 Å². The molecule has 0 bridgehead atoms. The number of aromatic nitrogens is 4. The first-order valence-electron chi connectivity index (χ1n) is 8.76. The second kappa shape index (κ2) is 7.51. The highest BCUT2D eigenvalue weighted by Gasteiger charge is 2.10. The van der Waals surface area contributed by atoms with Crippen LogP contribution in [0.2, 0.25) is 0 Å². The van der Waals surface area contributed by atoms with E-state index in [9.17, 15) is 9.59 Å². The van der Waals surface area contributed by atoms with E-state index < -0.39 is 0 Å².